The van der Waals surface area contributed by atoms with E-state index in [0.717, 1.165) is 16.8 Å². The zero-order valence-corrected chi connectivity index (χ0v) is 12.3. The van der Waals surface area contributed by atoms with E-state index in [4.69, 9.17) is 9.52 Å². The minimum atomic E-state index is -0.427. The summed E-state index contributed by atoms with van der Waals surface area (Å²) in [4.78, 5) is 11.9. The molecule has 0 saturated carbocycles. The van der Waals surface area contributed by atoms with Gasteiger partial charge in [-0.1, -0.05) is 18.2 Å². The summed E-state index contributed by atoms with van der Waals surface area (Å²) in [5.41, 5.74) is 2.09. The molecule has 6 heteroatoms. The topological polar surface area (TPSA) is 68.3 Å². The van der Waals surface area contributed by atoms with Gasteiger partial charge in [-0.3, -0.25) is 0 Å². The van der Waals surface area contributed by atoms with Crippen LogP contribution in [0, 0.1) is 6.92 Å². The number of benzene rings is 1. The van der Waals surface area contributed by atoms with Crippen molar-refractivity contribution >= 4 is 23.5 Å². The van der Waals surface area contributed by atoms with E-state index in [1.165, 1.54) is 0 Å². The van der Waals surface area contributed by atoms with Gasteiger partial charge in [0, 0.05) is 18.6 Å². The van der Waals surface area contributed by atoms with Crippen molar-refractivity contribution in [2.75, 3.05) is 6.61 Å². The van der Waals surface area contributed by atoms with Crippen LogP contribution in [0.2, 0.25) is 0 Å². The van der Waals surface area contributed by atoms with Crippen LogP contribution >= 0.6 is 12.4 Å². The number of hydrogen-bond donors (Lipinski definition) is 1. The molecule has 21 heavy (non-hydrogen) atoms. The fourth-order valence-corrected chi connectivity index (χ4v) is 2.21. The molecule has 5 nitrogen and oxygen atoms in total. The summed E-state index contributed by atoms with van der Waals surface area (Å²) in [5.74, 6) is 0. The van der Waals surface area contributed by atoms with Crippen LogP contribution in [-0.4, -0.2) is 21.5 Å². The molecule has 0 radical (unpaired) electrons. The first-order valence-electron chi connectivity index (χ1n) is 6.39. The first-order chi connectivity index (χ1) is 9.70. The lowest BCUT2D eigenvalue weighted by Gasteiger charge is -2.02. The molecule has 2 aromatic heterocycles. The highest BCUT2D eigenvalue weighted by Crippen LogP contribution is 2.21. The summed E-state index contributed by atoms with van der Waals surface area (Å²) in [6, 6.07) is 11.3. The highest BCUT2D eigenvalue weighted by molar-refractivity contribution is 5.85. The Bertz CT molecular complexity index is 809. The molecule has 0 atom stereocenters. The average molecular weight is 307 g/mol. The normalized spacial score (nSPS) is 10.6. The highest BCUT2D eigenvalue weighted by Gasteiger charge is 2.14. The molecule has 3 rings (SSSR count). The first-order valence-corrected chi connectivity index (χ1v) is 6.39. The van der Waals surface area contributed by atoms with E-state index >= 15 is 0 Å². The molecule has 0 bridgehead atoms. The maximum Gasteiger partial charge on any atom is 0.340 e. The molecule has 0 aliphatic heterocycles. The van der Waals surface area contributed by atoms with Crippen molar-refractivity contribution in [1.29, 1.82) is 0 Å². The number of para-hydroxylation sites is 1. The largest absolute Gasteiger partial charge is 0.403 e. The maximum absolute atomic E-state index is 11.9. The number of rotatable bonds is 3. The van der Waals surface area contributed by atoms with Crippen LogP contribution in [0.5, 0.6) is 0 Å². The zero-order chi connectivity index (χ0) is 14.1. The third kappa shape index (κ3) is 2.70. The molecule has 0 fully saturated rings. The lowest BCUT2D eigenvalue weighted by Crippen LogP contribution is -2.09. The summed E-state index contributed by atoms with van der Waals surface area (Å²) in [6.45, 7) is 1.78. The lowest BCUT2D eigenvalue weighted by atomic mass is 10.2. The summed E-state index contributed by atoms with van der Waals surface area (Å²) in [6.07, 6.45) is 0.286. The second-order valence-electron chi connectivity index (χ2n) is 4.58. The van der Waals surface area contributed by atoms with Crippen molar-refractivity contribution in [2.45, 2.75) is 13.3 Å². The van der Waals surface area contributed by atoms with Gasteiger partial charge in [-0.2, -0.15) is 9.78 Å². The predicted octanol–water partition coefficient (Wildman–Crippen LogP) is 2.24. The Morgan fingerprint density at radius 2 is 2.00 bits per heavy atom. The predicted molar refractivity (Wildman–Crippen MR) is 82.4 cm³/mol. The van der Waals surface area contributed by atoms with Crippen molar-refractivity contribution in [3.05, 3.63) is 58.1 Å². The average Bonchev–Trinajstić information content (AvgIpc) is 2.77. The first kappa shape index (κ1) is 15.3. The van der Waals surface area contributed by atoms with Gasteiger partial charge in [0.15, 0.2) is 0 Å². The van der Waals surface area contributed by atoms with Gasteiger partial charge in [0.05, 0.1) is 16.8 Å². The van der Waals surface area contributed by atoms with Gasteiger partial charge in [0.1, 0.15) is 0 Å². The summed E-state index contributed by atoms with van der Waals surface area (Å²) in [5, 5.41) is 14.2. The van der Waals surface area contributed by atoms with E-state index in [-0.39, 0.29) is 25.4 Å². The van der Waals surface area contributed by atoms with E-state index in [2.05, 4.69) is 5.10 Å². The van der Waals surface area contributed by atoms with Crippen molar-refractivity contribution in [3.8, 4) is 5.69 Å². The molecule has 0 amide bonds. The SMILES string of the molecule is Cc1nn(-c2ccccc2)c2oc(=O)c(CCO)cc12.Cl. The van der Waals surface area contributed by atoms with Crippen LogP contribution < -0.4 is 5.63 Å². The second-order valence-corrected chi connectivity index (χ2v) is 4.58. The van der Waals surface area contributed by atoms with Crippen molar-refractivity contribution in [1.82, 2.24) is 9.78 Å². The molecule has 1 aromatic carbocycles. The molecular formula is C15H15ClN2O3. The van der Waals surface area contributed by atoms with Gasteiger partial charge in [0.2, 0.25) is 5.71 Å². The monoisotopic (exact) mass is 306 g/mol. The molecule has 0 unspecified atom stereocenters. The minimum Gasteiger partial charge on any atom is -0.403 e. The van der Waals surface area contributed by atoms with Gasteiger partial charge in [-0.05, 0) is 25.1 Å². The van der Waals surface area contributed by atoms with Crippen molar-refractivity contribution < 1.29 is 9.52 Å². The Labute approximate surface area is 127 Å². The van der Waals surface area contributed by atoms with E-state index < -0.39 is 5.63 Å². The minimum absolute atomic E-state index is 0. The summed E-state index contributed by atoms with van der Waals surface area (Å²) in [7, 11) is 0. The Morgan fingerprint density at radius 3 is 2.67 bits per heavy atom. The molecule has 2 heterocycles. The van der Waals surface area contributed by atoms with Gasteiger partial charge in [0.25, 0.3) is 0 Å². The number of fused-ring (bicyclic) bond motifs is 1. The van der Waals surface area contributed by atoms with E-state index in [0.29, 0.717) is 11.3 Å². The fraction of sp³-hybridized carbons (Fsp3) is 0.200. The third-order valence-corrected chi connectivity index (χ3v) is 3.21. The number of aliphatic hydroxyl groups excluding tert-OH is 1. The Morgan fingerprint density at radius 1 is 1.29 bits per heavy atom. The zero-order valence-electron chi connectivity index (χ0n) is 11.4. The van der Waals surface area contributed by atoms with Crippen LogP contribution in [-0.2, 0) is 6.42 Å². The summed E-state index contributed by atoms with van der Waals surface area (Å²) < 4.78 is 7.01. The smallest absolute Gasteiger partial charge is 0.340 e. The van der Waals surface area contributed by atoms with E-state index in [1.54, 1.807) is 10.7 Å². The van der Waals surface area contributed by atoms with E-state index in [9.17, 15) is 4.79 Å². The molecular weight excluding hydrogens is 292 g/mol. The maximum atomic E-state index is 11.9. The number of hydrogen-bond acceptors (Lipinski definition) is 4. The van der Waals surface area contributed by atoms with Gasteiger partial charge >= 0.3 is 5.63 Å². The molecule has 0 aliphatic carbocycles. The molecule has 1 N–H and O–H groups in total. The lowest BCUT2D eigenvalue weighted by molar-refractivity contribution is 0.297. The molecule has 0 aliphatic rings. The number of nitrogens with zero attached hydrogens (tertiary/aromatic N) is 2. The summed E-state index contributed by atoms with van der Waals surface area (Å²) >= 11 is 0. The standard InChI is InChI=1S/C15H14N2O3.ClH/c1-10-13-9-11(7-8-18)15(19)20-14(13)17(16-10)12-5-3-2-4-6-12;/h2-6,9,18H,7-8H2,1H3;1H. The van der Waals surface area contributed by atoms with Gasteiger partial charge in [-0.15, -0.1) is 12.4 Å². The van der Waals surface area contributed by atoms with Crippen molar-refractivity contribution in [2.24, 2.45) is 0 Å². The van der Waals surface area contributed by atoms with Crippen LogP contribution in [0.15, 0.2) is 45.6 Å². The van der Waals surface area contributed by atoms with Crippen molar-refractivity contribution in [3.63, 3.8) is 0 Å². The Balaban J connectivity index is 0.00000161. The second kappa shape index (κ2) is 6.11. The third-order valence-electron chi connectivity index (χ3n) is 3.21. The van der Waals surface area contributed by atoms with Gasteiger partial charge < -0.3 is 9.52 Å². The number of aromatic nitrogens is 2. The fourth-order valence-electron chi connectivity index (χ4n) is 2.21. The molecule has 3 aromatic rings. The number of halogens is 1. The molecule has 0 spiro atoms. The molecule has 0 saturated heterocycles. The Kier molecular flexibility index (Phi) is 4.45. The number of aliphatic hydroxyl groups is 1. The quantitative estimate of drug-likeness (QED) is 0.806. The van der Waals surface area contributed by atoms with Gasteiger partial charge in [-0.25, -0.2) is 4.79 Å². The van der Waals surface area contributed by atoms with Crippen LogP contribution in [0.25, 0.3) is 16.8 Å². The van der Waals surface area contributed by atoms with Crippen LogP contribution in [0.1, 0.15) is 11.3 Å². The van der Waals surface area contributed by atoms with E-state index in [1.807, 2.05) is 37.3 Å². The highest BCUT2D eigenvalue weighted by atomic mass is 35.5. The Hall–Kier alpha value is -2.11. The molecule has 110 valence electrons. The van der Waals surface area contributed by atoms with Crippen LogP contribution in [0.4, 0.5) is 0 Å². The number of aryl methyl sites for hydroxylation is 1. The van der Waals surface area contributed by atoms with Crippen LogP contribution in [0.3, 0.4) is 0 Å².